The molecule has 0 aromatic carbocycles. The number of ether oxygens (including phenoxy) is 2. The van der Waals surface area contributed by atoms with Gasteiger partial charge in [0.05, 0.1) is 11.4 Å². The van der Waals surface area contributed by atoms with Crippen molar-refractivity contribution in [2.24, 2.45) is 0 Å². The Morgan fingerprint density at radius 3 is 2.93 bits per heavy atom. The number of thiophene rings is 1. The van der Waals surface area contributed by atoms with E-state index in [0.717, 1.165) is 13.1 Å². The lowest BCUT2D eigenvalue weighted by atomic mass is 10.2. The summed E-state index contributed by atoms with van der Waals surface area (Å²) in [7, 11) is 1.34. The van der Waals surface area contributed by atoms with Crippen LogP contribution in [0.1, 0.15) is 9.67 Å². The molecular weight excluding hydrogens is 238 g/mol. The summed E-state index contributed by atoms with van der Waals surface area (Å²) >= 11 is 7.00. The van der Waals surface area contributed by atoms with E-state index in [1.54, 1.807) is 6.07 Å². The maximum absolute atomic E-state index is 11.4. The Bertz CT molecular complexity index is 375. The normalized spacial score (nSPS) is 15.9. The van der Waals surface area contributed by atoms with Gasteiger partial charge >= 0.3 is 5.97 Å². The summed E-state index contributed by atoms with van der Waals surface area (Å²) in [5.74, 6) is 0.109. The number of hydrogen-bond donors (Lipinski definition) is 1. The standard InChI is InChI=1S/C9H10ClNO3S/c1-13-9(12)8-6(2-7(10)15-8)14-5-3-11-4-5/h2,5,11H,3-4H2,1H3. The zero-order valence-electron chi connectivity index (χ0n) is 8.08. The fraction of sp³-hybridized carbons (Fsp3) is 0.444. The predicted octanol–water partition coefficient (Wildman–Crippen LogP) is 1.54. The second kappa shape index (κ2) is 4.38. The quantitative estimate of drug-likeness (QED) is 0.824. The summed E-state index contributed by atoms with van der Waals surface area (Å²) in [5, 5.41) is 3.08. The van der Waals surface area contributed by atoms with E-state index in [2.05, 4.69) is 10.1 Å². The van der Waals surface area contributed by atoms with Crippen LogP contribution in [0, 0.1) is 0 Å². The first-order chi connectivity index (χ1) is 7.20. The van der Waals surface area contributed by atoms with E-state index in [-0.39, 0.29) is 6.10 Å². The van der Waals surface area contributed by atoms with Crippen molar-refractivity contribution in [1.82, 2.24) is 5.32 Å². The van der Waals surface area contributed by atoms with Crippen LogP contribution in [0.5, 0.6) is 5.75 Å². The van der Waals surface area contributed by atoms with E-state index in [9.17, 15) is 4.79 Å². The van der Waals surface area contributed by atoms with Gasteiger partial charge in [-0.15, -0.1) is 11.3 Å². The van der Waals surface area contributed by atoms with Crippen LogP contribution in [0.25, 0.3) is 0 Å². The Morgan fingerprint density at radius 2 is 2.40 bits per heavy atom. The molecule has 2 rings (SSSR count). The molecule has 1 aliphatic rings. The van der Waals surface area contributed by atoms with Gasteiger partial charge in [0.25, 0.3) is 0 Å². The number of rotatable bonds is 3. The van der Waals surface area contributed by atoms with Crippen LogP contribution in [0.2, 0.25) is 4.34 Å². The number of esters is 1. The maximum Gasteiger partial charge on any atom is 0.351 e. The molecule has 0 atom stereocenters. The van der Waals surface area contributed by atoms with Crippen molar-refractivity contribution in [3.63, 3.8) is 0 Å². The number of carbonyl (C=O) groups is 1. The third-order valence-corrected chi connectivity index (χ3v) is 3.30. The van der Waals surface area contributed by atoms with E-state index in [0.29, 0.717) is 15.0 Å². The Morgan fingerprint density at radius 1 is 1.67 bits per heavy atom. The zero-order valence-corrected chi connectivity index (χ0v) is 9.65. The Kier molecular flexibility index (Phi) is 3.14. The van der Waals surface area contributed by atoms with Crippen LogP contribution in [0.4, 0.5) is 0 Å². The van der Waals surface area contributed by atoms with Crippen molar-refractivity contribution < 1.29 is 14.3 Å². The summed E-state index contributed by atoms with van der Waals surface area (Å²) < 4.78 is 10.8. The summed E-state index contributed by atoms with van der Waals surface area (Å²) in [4.78, 5) is 11.8. The highest BCUT2D eigenvalue weighted by molar-refractivity contribution is 7.18. The fourth-order valence-corrected chi connectivity index (χ4v) is 2.26. The minimum Gasteiger partial charge on any atom is -0.486 e. The first-order valence-electron chi connectivity index (χ1n) is 4.45. The SMILES string of the molecule is COC(=O)c1sc(Cl)cc1OC1CNC1. The first-order valence-corrected chi connectivity index (χ1v) is 5.65. The molecule has 4 nitrogen and oxygen atoms in total. The average Bonchev–Trinajstić information content (AvgIpc) is 2.52. The predicted molar refractivity (Wildman–Crippen MR) is 58.0 cm³/mol. The van der Waals surface area contributed by atoms with Gasteiger partial charge in [0.2, 0.25) is 0 Å². The molecule has 2 heterocycles. The highest BCUT2D eigenvalue weighted by Gasteiger charge is 2.24. The van der Waals surface area contributed by atoms with Crippen molar-refractivity contribution in [2.45, 2.75) is 6.10 Å². The molecule has 82 valence electrons. The van der Waals surface area contributed by atoms with Gasteiger partial charge in [0.1, 0.15) is 11.9 Å². The number of nitrogens with one attached hydrogen (secondary N) is 1. The van der Waals surface area contributed by atoms with Crippen LogP contribution >= 0.6 is 22.9 Å². The van der Waals surface area contributed by atoms with Crippen molar-refractivity contribution >= 4 is 28.9 Å². The minimum absolute atomic E-state index is 0.124. The number of hydrogen-bond acceptors (Lipinski definition) is 5. The van der Waals surface area contributed by atoms with E-state index >= 15 is 0 Å². The first kappa shape index (κ1) is 10.7. The number of carbonyl (C=O) groups excluding carboxylic acids is 1. The maximum atomic E-state index is 11.4. The monoisotopic (exact) mass is 247 g/mol. The third kappa shape index (κ3) is 2.25. The Labute approximate surface area is 96.1 Å². The molecule has 1 N–H and O–H groups in total. The second-order valence-corrected chi connectivity index (χ2v) is 4.82. The van der Waals surface area contributed by atoms with Gasteiger partial charge in [0, 0.05) is 19.2 Å². The van der Waals surface area contributed by atoms with Crippen molar-refractivity contribution in [3.8, 4) is 5.75 Å². The molecular formula is C9H10ClNO3S. The molecule has 6 heteroatoms. The van der Waals surface area contributed by atoms with E-state index in [1.165, 1.54) is 18.4 Å². The number of halogens is 1. The minimum atomic E-state index is -0.408. The van der Waals surface area contributed by atoms with Gasteiger partial charge in [-0.25, -0.2) is 4.79 Å². The molecule has 1 fully saturated rings. The van der Waals surface area contributed by atoms with Crippen LogP contribution in [-0.2, 0) is 4.74 Å². The highest BCUT2D eigenvalue weighted by Crippen LogP contribution is 2.34. The summed E-state index contributed by atoms with van der Waals surface area (Å²) in [6.07, 6.45) is 0.124. The topological polar surface area (TPSA) is 47.6 Å². The summed E-state index contributed by atoms with van der Waals surface area (Å²) in [6, 6.07) is 1.65. The summed E-state index contributed by atoms with van der Waals surface area (Å²) in [5.41, 5.74) is 0. The summed E-state index contributed by atoms with van der Waals surface area (Å²) in [6.45, 7) is 1.60. The average molecular weight is 248 g/mol. The Hall–Kier alpha value is -0.780. The molecule has 1 aliphatic heterocycles. The number of methoxy groups -OCH3 is 1. The fourth-order valence-electron chi connectivity index (χ4n) is 1.19. The molecule has 1 aromatic heterocycles. The van der Waals surface area contributed by atoms with Crippen LogP contribution in [0.15, 0.2) is 6.07 Å². The van der Waals surface area contributed by atoms with Crippen LogP contribution in [0.3, 0.4) is 0 Å². The zero-order chi connectivity index (χ0) is 10.8. The molecule has 0 saturated carbocycles. The Balaban J connectivity index is 2.16. The third-order valence-electron chi connectivity index (χ3n) is 2.08. The molecule has 0 radical (unpaired) electrons. The highest BCUT2D eigenvalue weighted by atomic mass is 35.5. The largest absolute Gasteiger partial charge is 0.486 e. The van der Waals surface area contributed by atoms with Crippen molar-refractivity contribution in [2.75, 3.05) is 20.2 Å². The van der Waals surface area contributed by atoms with Crippen LogP contribution < -0.4 is 10.1 Å². The van der Waals surface area contributed by atoms with Crippen LogP contribution in [-0.4, -0.2) is 32.3 Å². The van der Waals surface area contributed by atoms with Gasteiger partial charge in [-0.2, -0.15) is 0 Å². The smallest absolute Gasteiger partial charge is 0.351 e. The van der Waals surface area contributed by atoms with E-state index in [4.69, 9.17) is 16.3 Å². The van der Waals surface area contributed by atoms with E-state index in [1.807, 2.05) is 0 Å². The molecule has 1 saturated heterocycles. The van der Waals surface area contributed by atoms with Gasteiger partial charge in [-0.05, 0) is 0 Å². The molecule has 0 spiro atoms. The molecule has 0 unspecified atom stereocenters. The van der Waals surface area contributed by atoms with Crippen molar-refractivity contribution in [1.29, 1.82) is 0 Å². The van der Waals surface area contributed by atoms with Gasteiger partial charge in [0.15, 0.2) is 4.88 Å². The lowest BCUT2D eigenvalue weighted by Crippen LogP contribution is -2.50. The van der Waals surface area contributed by atoms with Gasteiger partial charge < -0.3 is 14.8 Å². The molecule has 0 amide bonds. The van der Waals surface area contributed by atoms with E-state index < -0.39 is 5.97 Å². The molecule has 0 bridgehead atoms. The van der Waals surface area contributed by atoms with Gasteiger partial charge in [-0.1, -0.05) is 11.6 Å². The van der Waals surface area contributed by atoms with Gasteiger partial charge in [-0.3, -0.25) is 0 Å². The molecule has 0 aliphatic carbocycles. The lowest BCUT2D eigenvalue weighted by Gasteiger charge is -2.27. The second-order valence-electron chi connectivity index (χ2n) is 3.13. The lowest BCUT2D eigenvalue weighted by molar-refractivity contribution is 0.0596. The van der Waals surface area contributed by atoms with Crippen molar-refractivity contribution in [3.05, 3.63) is 15.3 Å². The molecule has 1 aromatic rings. The molecule has 15 heavy (non-hydrogen) atoms.